The number of rotatable bonds is 0. The number of nitrogens with zero attached hydrogens (tertiary/aromatic N) is 2. The van der Waals surface area contributed by atoms with Crippen LogP contribution < -0.4 is 0 Å². The molecule has 32 valence electrons. The summed E-state index contributed by atoms with van der Waals surface area (Å²) in [7, 11) is 2.06. The van der Waals surface area contributed by atoms with Gasteiger partial charge in [0.15, 0.2) is 0 Å². The minimum absolute atomic E-state index is 0. The van der Waals surface area contributed by atoms with E-state index in [0.29, 0.717) is 9.04 Å². The van der Waals surface area contributed by atoms with Gasteiger partial charge in [-0.25, -0.2) is 0 Å². The van der Waals surface area contributed by atoms with Gasteiger partial charge >= 0.3 is 29.6 Å². The summed E-state index contributed by atoms with van der Waals surface area (Å²) in [6.45, 7) is 2.33. The van der Waals surface area contributed by atoms with Crippen LogP contribution in [0.1, 0.15) is 0 Å². The van der Waals surface area contributed by atoms with Gasteiger partial charge in [0.1, 0.15) is 0 Å². The van der Waals surface area contributed by atoms with Crippen molar-refractivity contribution in [2.45, 2.75) is 6.55 Å². The quantitative estimate of drug-likeness (QED) is 0.276. The Morgan fingerprint density at radius 3 is 1.50 bits per heavy atom. The second-order valence-corrected chi connectivity index (χ2v) is 6.36. The molecule has 0 spiro atoms. The van der Waals surface area contributed by atoms with E-state index in [0.717, 1.165) is 0 Å². The molecule has 0 aromatic rings. The molecule has 0 bridgehead atoms. The molecule has 0 saturated heterocycles. The Morgan fingerprint density at radius 1 is 1.50 bits per heavy atom. The molecule has 0 amide bonds. The first-order valence-corrected chi connectivity index (χ1v) is 8.69. The zero-order valence-electron chi connectivity index (χ0n) is 3.60. The average molecular weight is 128 g/mol. The molecular weight excluding hydrogens is 119 g/mol. The summed E-state index contributed by atoms with van der Waals surface area (Å²) in [5, 5.41) is 12.0. The summed E-state index contributed by atoms with van der Waals surface area (Å²) in [6.07, 6.45) is 0. The van der Waals surface area contributed by atoms with Gasteiger partial charge in [-0.05, 0) is 9.76 Å². The SMILES string of the molecule is C[SiH2][SiH3].N#N.[NaH]. The molecule has 0 heterocycles. The summed E-state index contributed by atoms with van der Waals surface area (Å²) < 4.78 is 0. The predicted molar refractivity (Wildman–Crippen MR) is 34.9 cm³/mol. The molecule has 0 saturated carbocycles. The minimum atomic E-state index is 0. The van der Waals surface area contributed by atoms with Crippen LogP contribution in [0.15, 0.2) is 0 Å². The fraction of sp³-hybridized carbons (Fsp3) is 1.00. The fourth-order valence-electron chi connectivity index (χ4n) is 0. The van der Waals surface area contributed by atoms with Crippen molar-refractivity contribution < 1.29 is 0 Å². The van der Waals surface area contributed by atoms with Gasteiger partial charge in [0.25, 0.3) is 0 Å². The Labute approximate surface area is 65.4 Å². The Kier molecular flexibility index (Phi) is 106. The summed E-state index contributed by atoms with van der Waals surface area (Å²) in [5.41, 5.74) is 0. The summed E-state index contributed by atoms with van der Waals surface area (Å²) in [4.78, 5) is 0. The molecule has 0 aromatic heterocycles. The number of hydrogen-bond acceptors (Lipinski definition) is 2. The van der Waals surface area contributed by atoms with E-state index < -0.39 is 0 Å². The van der Waals surface area contributed by atoms with Crippen molar-refractivity contribution in [3.05, 3.63) is 0 Å². The molecule has 0 aliphatic heterocycles. The Bertz CT molecular complexity index is 22.8. The maximum atomic E-state index is 6.00. The van der Waals surface area contributed by atoms with Crippen LogP contribution in [-0.4, -0.2) is 48.4 Å². The summed E-state index contributed by atoms with van der Waals surface area (Å²) in [6, 6.07) is 0. The molecule has 5 heteroatoms. The molecule has 0 rings (SSSR count). The first-order chi connectivity index (χ1) is 2.41. The molecule has 0 atom stereocenters. The van der Waals surface area contributed by atoms with E-state index in [-0.39, 0.29) is 29.6 Å². The molecule has 0 fully saturated rings. The first kappa shape index (κ1) is 15.8. The fourth-order valence-corrected chi connectivity index (χ4v) is 0. The van der Waals surface area contributed by atoms with Gasteiger partial charge < -0.3 is 0 Å². The predicted octanol–water partition coefficient (Wildman–Crippen LogP) is -2.13. The standard InChI is InChI=1S/CH8Si2.N2.Na.H/c1-3-2;1-2;;/h3H2,1-2H3;;;. The van der Waals surface area contributed by atoms with Crippen LogP contribution in [0.25, 0.3) is 0 Å². The Morgan fingerprint density at radius 2 is 1.50 bits per heavy atom. The summed E-state index contributed by atoms with van der Waals surface area (Å²) in [5.74, 6) is 0. The van der Waals surface area contributed by atoms with Crippen molar-refractivity contribution in [3.63, 3.8) is 0 Å². The Balaban J connectivity index is -0.0000000275. The van der Waals surface area contributed by atoms with Crippen molar-refractivity contribution in [2.24, 2.45) is 0 Å². The van der Waals surface area contributed by atoms with E-state index in [1.807, 2.05) is 0 Å². The van der Waals surface area contributed by atoms with E-state index in [2.05, 4.69) is 6.55 Å². The van der Waals surface area contributed by atoms with Gasteiger partial charge in [0, 0.05) is 19.8 Å². The van der Waals surface area contributed by atoms with Crippen molar-refractivity contribution in [2.75, 3.05) is 0 Å². The average Bonchev–Trinajstić information content (AvgIpc) is 1.46. The molecular formula is CH9N2NaSi2. The molecule has 0 N–H and O–H groups in total. The van der Waals surface area contributed by atoms with Crippen LogP contribution in [0.3, 0.4) is 0 Å². The van der Waals surface area contributed by atoms with E-state index in [9.17, 15) is 0 Å². The molecule has 0 aliphatic carbocycles. The van der Waals surface area contributed by atoms with Crippen molar-refractivity contribution in [1.82, 2.24) is 0 Å². The van der Waals surface area contributed by atoms with Gasteiger partial charge in [0.05, 0.1) is 0 Å². The van der Waals surface area contributed by atoms with Gasteiger partial charge in [0.2, 0.25) is 0 Å². The Hall–Kier alpha value is 0.854. The van der Waals surface area contributed by atoms with E-state index in [4.69, 9.17) is 10.8 Å². The van der Waals surface area contributed by atoms with Crippen molar-refractivity contribution in [3.8, 4) is 0 Å². The van der Waals surface area contributed by atoms with Crippen LogP contribution in [0.2, 0.25) is 6.55 Å². The zero-order valence-corrected chi connectivity index (χ0v) is 7.02. The third kappa shape index (κ3) is 98.9. The number of hydrogen-bond donors (Lipinski definition) is 0. The second kappa shape index (κ2) is 40.1. The van der Waals surface area contributed by atoms with Gasteiger partial charge in [-0.1, -0.05) is 6.55 Å². The first-order valence-electron chi connectivity index (χ1n) is 1.61. The van der Waals surface area contributed by atoms with Crippen LogP contribution in [-0.2, 0) is 0 Å². The molecule has 0 radical (unpaired) electrons. The van der Waals surface area contributed by atoms with Crippen LogP contribution in [0.4, 0.5) is 0 Å². The third-order valence-electron chi connectivity index (χ3n) is 0. The van der Waals surface area contributed by atoms with Gasteiger partial charge in [-0.2, -0.15) is 0 Å². The zero-order chi connectivity index (χ0) is 4.71. The second-order valence-electron chi connectivity index (χ2n) is 0.707. The maximum absolute atomic E-state index is 6.00. The molecule has 0 unspecified atom stereocenters. The molecule has 6 heavy (non-hydrogen) atoms. The molecule has 0 aromatic carbocycles. The van der Waals surface area contributed by atoms with E-state index in [1.54, 1.807) is 0 Å². The van der Waals surface area contributed by atoms with Crippen molar-refractivity contribution >= 4 is 48.4 Å². The monoisotopic (exact) mass is 128 g/mol. The topological polar surface area (TPSA) is 47.6 Å². The van der Waals surface area contributed by atoms with Crippen LogP contribution >= 0.6 is 0 Å². The normalized spacial score (nSPS) is 5.83. The van der Waals surface area contributed by atoms with Gasteiger partial charge in [-0.3, -0.25) is 0 Å². The van der Waals surface area contributed by atoms with E-state index in [1.165, 1.54) is 9.76 Å². The van der Waals surface area contributed by atoms with E-state index >= 15 is 0 Å². The van der Waals surface area contributed by atoms with Gasteiger partial charge in [-0.15, -0.1) is 0 Å². The molecule has 2 nitrogen and oxygen atoms in total. The molecule has 0 aliphatic rings. The summed E-state index contributed by atoms with van der Waals surface area (Å²) >= 11 is 0. The van der Waals surface area contributed by atoms with Crippen molar-refractivity contribution in [1.29, 1.82) is 10.8 Å². The third-order valence-corrected chi connectivity index (χ3v) is 0. The van der Waals surface area contributed by atoms with Crippen LogP contribution in [0, 0.1) is 10.8 Å². The van der Waals surface area contributed by atoms with Crippen LogP contribution in [0.5, 0.6) is 0 Å².